The van der Waals surface area contributed by atoms with Crippen molar-refractivity contribution >= 4 is 17.4 Å². The number of anilines is 1. The van der Waals surface area contributed by atoms with E-state index in [4.69, 9.17) is 17.3 Å². The Kier molecular flexibility index (Phi) is 5.81. The summed E-state index contributed by atoms with van der Waals surface area (Å²) in [5, 5.41) is 2.63. The first-order valence-corrected chi connectivity index (χ1v) is 8.56. The highest BCUT2D eigenvalue weighted by atomic mass is 35.5. The van der Waals surface area contributed by atoms with Crippen molar-refractivity contribution in [1.29, 1.82) is 0 Å². The van der Waals surface area contributed by atoms with Crippen LogP contribution in [0.1, 0.15) is 17.2 Å². The van der Waals surface area contributed by atoms with E-state index in [0.717, 1.165) is 11.6 Å². The maximum atomic E-state index is 13.0. The zero-order valence-corrected chi connectivity index (χ0v) is 15.1. The molecule has 9 heteroatoms. The smallest absolute Gasteiger partial charge is 0.368 e. The topological polar surface area (TPSA) is 63.8 Å². The molecule has 4 nitrogen and oxygen atoms in total. The molecule has 2 aromatic carbocycles. The van der Waals surface area contributed by atoms with Crippen molar-refractivity contribution in [3.63, 3.8) is 0 Å². The van der Waals surface area contributed by atoms with Crippen molar-refractivity contribution in [2.75, 3.05) is 11.9 Å². The molecule has 3 aromatic rings. The molecular weight excluding hydrogens is 396 g/mol. The van der Waals surface area contributed by atoms with Crippen molar-refractivity contribution in [3.05, 3.63) is 76.8 Å². The SMILES string of the molecule is N[C@@H](CNc1cc(-c2ccc(C(F)(F)F)c(Cl)c2)ncn1)c1ccc(F)cc1. The Morgan fingerprint density at radius 1 is 1.04 bits per heavy atom. The number of hydrogen-bond donors (Lipinski definition) is 2. The molecule has 0 fully saturated rings. The molecular formula is C19H15ClF4N4. The van der Waals surface area contributed by atoms with Crippen LogP contribution in [0, 0.1) is 5.82 Å². The fourth-order valence-corrected chi connectivity index (χ4v) is 2.85. The third-order valence-corrected chi connectivity index (χ3v) is 4.35. The first-order chi connectivity index (χ1) is 13.2. The molecule has 0 spiro atoms. The molecule has 3 rings (SSSR count). The third kappa shape index (κ3) is 4.76. The summed E-state index contributed by atoms with van der Waals surface area (Å²) in [5.74, 6) is 0.0955. The molecule has 28 heavy (non-hydrogen) atoms. The second-order valence-corrected chi connectivity index (χ2v) is 6.43. The molecule has 1 atom stereocenters. The van der Waals surface area contributed by atoms with E-state index in [1.807, 2.05) is 0 Å². The summed E-state index contributed by atoms with van der Waals surface area (Å²) in [6.07, 6.45) is -3.24. The van der Waals surface area contributed by atoms with E-state index >= 15 is 0 Å². The molecule has 0 bridgehead atoms. The van der Waals surface area contributed by atoms with Gasteiger partial charge in [-0.15, -0.1) is 0 Å². The number of nitrogens with zero attached hydrogens (tertiary/aromatic N) is 2. The monoisotopic (exact) mass is 410 g/mol. The molecule has 0 saturated carbocycles. The summed E-state index contributed by atoms with van der Waals surface area (Å²) >= 11 is 5.76. The number of hydrogen-bond acceptors (Lipinski definition) is 4. The highest BCUT2D eigenvalue weighted by Crippen LogP contribution is 2.36. The lowest BCUT2D eigenvalue weighted by atomic mass is 10.1. The normalized spacial score (nSPS) is 12.6. The molecule has 1 aromatic heterocycles. The quantitative estimate of drug-likeness (QED) is 0.577. The van der Waals surface area contributed by atoms with Crippen molar-refractivity contribution in [2.24, 2.45) is 5.73 Å². The van der Waals surface area contributed by atoms with E-state index in [1.54, 1.807) is 18.2 Å². The minimum absolute atomic E-state index is 0.315. The number of nitrogens with one attached hydrogen (secondary N) is 1. The van der Waals surface area contributed by atoms with Gasteiger partial charge in [-0.3, -0.25) is 0 Å². The van der Waals surface area contributed by atoms with Crippen molar-refractivity contribution in [3.8, 4) is 11.3 Å². The number of benzene rings is 2. The van der Waals surface area contributed by atoms with E-state index in [2.05, 4.69) is 15.3 Å². The molecule has 3 N–H and O–H groups in total. The standard InChI is InChI=1S/C19H15ClF4N4/c20-15-7-12(3-6-14(15)19(22,23)24)17-8-18(28-10-27-17)26-9-16(25)11-1-4-13(21)5-2-11/h1-8,10,16H,9,25H2,(H,26,27,28)/t16-/m0/s1. The van der Waals surface area contributed by atoms with Gasteiger partial charge < -0.3 is 11.1 Å². The van der Waals surface area contributed by atoms with Crippen LogP contribution in [0.3, 0.4) is 0 Å². The van der Waals surface area contributed by atoms with Gasteiger partial charge in [0.05, 0.1) is 16.3 Å². The zero-order chi connectivity index (χ0) is 20.3. The zero-order valence-electron chi connectivity index (χ0n) is 14.3. The van der Waals surface area contributed by atoms with Crippen LogP contribution in [0.15, 0.2) is 54.9 Å². The minimum Gasteiger partial charge on any atom is -0.368 e. The Balaban J connectivity index is 1.74. The first kappa shape index (κ1) is 20.0. The lowest BCUT2D eigenvalue weighted by Crippen LogP contribution is -2.21. The molecule has 0 aliphatic heterocycles. The molecule has 0 aliphatic carbocycles. The average molecular weight is 411 g/mol. The second kappa shape index (κ2) is 8.12. The van der Waals surface area contributed by atoms with E-state index in [9.17, 15) is 17.6 Å². The van der Waals surface area contributed by atoms with Crippen LogP contribution >= 0.6 is 11.6 Å². The van der Waals surface area contributed by atoms with Crippen molar-refractivity contribution in [2.45, 2.75) is 12.2 Å². The van der Waals surface area contributed by atoms with E-state index in [-0.39, 0.29) is 5.82 Å². The minimum atomic E-state index is -4.52. The third-order valence-electron chi connectivity index (χ3n) is 4.04. The number of aromatic nitrogens is 2. The average Bonchev–Trinajstić information content (AvgIpc) is 2.66. The van der Waals surface area contributed by atoms with Gasteiger partial charge in [0.1, 0.15) is 18.0 Å². The lowest BCUT2D eigenvalue weighted by Gasteiger charge is -2.14. The number of halogens is 5. The van der Waals surface area contributed by atoms with Crippen LogP contribution in [0.5, 0.6) is 0 Å². The van der Waals surface area contributed by atoms with E-state index in [1.165, 1.54) is 30.6 Å². The van der Waals surface area contributed by atoms with E-state index in [0.29, 0.717) is 23.6 Å². The van der Waals surface area contributed by atoms with Crippen LogP contribution in [0.25, 0.3) is 11.3 Å². The maximum absolute atomic E-state index is 13.0. The largest absolute Gasteiger partial charge is 0.417 e. The summed E-state index contributed by atoms with van der Waals surface area (Å²) in [5.41, 5.74) is 6.74. The van der Waals surface area contributed by atoms with Gasteiger partial charge in [-0.25, -0.2) is 14.4 Å². The summed E-state index contributed by atoms with van der Waals surface area (Å²) in [4.78, 5) is 8.15. The molecule has 0 amide bonds. The van der Waals surface area contributed by atoms with Gasteiger partial charge in [-0.05, 0) is 29.8 Å². The number of alkyl halides is 3. The molecule has 0 saturated heterocycles. The van der Waals surface area contributed by atoms with Crippen LogP contribution in [0.2, 0.25) is 5.02 Å². The Morgan fingerprint density at radius 2 is 1.75 bits per heavy atom. The highest BCUT2D eigenvalue weighted by Gasteiger charge is 2.33. The Morgan fingerprint density at radius 3 is 2.39 bits per heavy atom. The van der Waals surface area contributed by atoms with Crippen LogP contribution in [-0.2, 0) is 6.18 Å². The molecule has 1 heterocycles. The predicted octanol–water partition coefficient (Wildman–Crippen LogP) is 5.07. The van der Waals surface area contributed by atoms with Gasteiger partial charge in [0.25, 0.3) is 0 Å². The summed E-state index contributed by atoms with van der Waals surface area (Å²) < 4.78 is 51.5. The van der Waals surface area contributed by atoms with Crippen LogP contribution in [0.4, 0.5) is 23.4 Å². The first-order valence-electron chi connectivity index (χ1n) is 8.18. The molecule has 146 valence electrons. The summed E-state index contributed by atoms with van der Waals surface area (Å²) in [6.45, 7) is 0.315. The second-order valence-electron chi connectivity index (χ2n) is 6.02. The van der Waals surface area contributed by atoms with Crippen LogP contribution in [-0.4, -0.2) is 16.5 Å². The number of rotatable bonds is 5. The Bertz CT molecular complexity index is 961. The van der Waals surface area contributed by atoms with Gasteiger partial charge in [0.15, 0.2) is 0 Å². The Labute approximate surface area is 163 Å². The summed E-state index contributed by atoms with van der Waals surface area (Å²) in [6, 6.07) is 10.4. The van der Waals surface area contributed by atoms with E-state index < -0.39 is 22.8 Å². The maximum Gasteiger partial charge on any atom is 0.417 e. The lowest BCUT2D eigenvalue weighted by molar-refractivity contribution is -0.137. The molecule has 0 unspecified atom stereocenters. The number of nitrogens with two attached hydrogens (primary N) is 1. The molecule has 0 radical (unpaired) electrons. The van der Waals surface area contributed by atoms with Gasteiger partial charge in [-0.1, -0.05) is 29.8 Å². The molecule has 0 aliphatic rings. The fourth-order valence-electron chi connectivity index (χ4n) is 2.56. The predicted molar refractivity (Wildman–Crippen MR) is 99.3 cm³/mol. The van der Waals surface area contributed by atoms with Gasteiger partial charge in [0, 0.05) is 24.2 Å². The van der Waals surface area contributed by atoms with Crippen molar-refractivity contribution < 1.29 is 17.6 Å². The fraction of sp³-hybridized carbons (Fsp3) is 0.158. The van der Waals surface area contributed by atoms with Gasteiger partial charge >= 0.3 is 6.18 Å². The van der Waals surface area contributed by atoms with Crippen molar-refractivity contribution in [1.82, 2.24) is 9.97 Å². The van der Waals surface area contributed by atoms with Gasteiger partial charge in [-0.2, -0.15) is 13.2 Å². The van der Waals surface area contributed by atoms with Crippen LogP contribution < -0.4 is 11.1 Å². The Hall–Kier alpha value is -2.71. The van der Waals surface area contributed by atoms with Gasteiger partial charge in [0.2, 0.25) is 0 Å². The highest BCUT2D eigenvalue weighted by molar-refractivity contribution is 6.31. The summed E-state index contributed by atoms with van der Waals surface area (Å²) in [7, 11) is 0.